The summed E-state index contributed by atoms with van der Waals surface area (Å²) in [7, 11) is 0. The Labute approximate surface area is 94.3 Å². The third kappa shape index (κ3) is 1.29. The van der Waals surface area contributed by atoms with Crippen molar-refractivity contribution in [3.8, 4) is 0 Å². The average Bonchev–Trinajstić information content (AvgIpc) is 2.58. The Balaban J connectivity index is 2.43. The predicted octanol–water partition coefficient (Wildman–Crippen LogP) is 1.45. The van der Waals surface area contributed by atoms with E-state index in [2.05, 4.69) is 11.9 Å². The number of amides is 2. The summed E-state index contributed by atoms with van der Waals surface area (Å²) >= 11 is 1.87. The SMILES string of the molecule is CC(C)N1C(=O)N=C(N)C12CCSC2C. The van der Waals surface area contributed by atoms with Gasteiger partial charge in [-0.3, -0.25) is 0 Å². The number of amidine groups is 1. The summed E-state index contributed by atoms with van der Waals surface area (Å²) in [5, 5.41) is 0.343. The molecule has 2 rings (SSSR count). The maximum atomic E-state index is 11.8. The number of carbonyl (C=O) groups is 1. The monoisotopic (exact) mass is 227 g/mol. The molecular formula is C10H17N3OS. The molecule has 15 heavy (non-hydrogen) atoms. The number of hydrogen-bond acceptors (Lipinski definition) is 3. The minimum Gasteiger partial charge on any atom is -0.385 e. The van der Waals surface area contributed by atoms with Crippen molar-refractivity contribution in [2.45, 2.75) is 44.0 Å². The van der Waals surface area contributed by atoms with Gasteiger partial charge in [0.15, 0.2) is 0 Å². The van der Waals surface area contributed by atoms with Gasteiger partial charge < -0.3 is 10.6 Å². The highest BCUT2D eigenvalue weighted by Gasteiger charge is 2.55. The molecule has 0 radical (unpaired) electrons. The van der Waals surface area contributed by atoms with Crippen LogP contribution in [0.2, 0.25) is 0 Å². The van der Waals surface area contributed by atoms with Gasteiger partial charge in [0.2, 0.25) is 0 Å². The molecule has 5 heteroatoms. The molecule has 2 N–H and O–H groups in total. The van der Waals surface area contributed by atoms with Gasteiger partial charge in [-0.25, -0.2) is 4.79 Å². The molecular weight excluding hydrogens is 210 g/mol. The van der Waals surface area contributed by atoms with Gasteiger partial charge in [-0.1, -0.05) is 6.92 Å². The van der Waals surface area contributed by atoms with Crippen LogP contribution in [0.1, 0.15) is 27.2 Å². The molecule has 0 aromatic carbocycles. The fraction of sp³-hybridized carbons (Fsp3) is 0.800. The van der Waals surface area contributed by atoms with E-state index in [1.807, 2.05) is 30.5 Å². The van der Waals surface area contributed by atoms with Gasteiger partial charge >= 0.3 is 6.03 Å². The lowest BCUT2D eigenvalue weighted by Crippen LogP contribution is -2.59. The Hall–Kier alpha value is -0.710. The summed E-state index contributed by atoms with van der Waals surface area (Å²) in [5.74, 6) is 1.56. The normalized spacial score (nSPS) is 35.7. The summed E-state index contributed by atoms with van der Waals surface area (Å²) in [6.45, 7) is 6.17. The summed E-state index contributed by atoms with van der Waals surface area (Å²) in [4.78, 5) is 17.6. The first-order valence-electron chi connectivity index (χ1n) is 5.29. The molecule has 2 amide bonds. The van der Waals surface area contributed by atoms with Gasteiger partial charge in [-0.05, 0) is 26.0 Å². The molecule has 2 unspecified atom stereocenters. The molecule has 2 aliphatic rings. The van der Waals surface area contributed by atoms with Crippen LogP contribution in [0.25, 0.3) is 0 Å². The lowest BCUT2D eigenvalue weighted by atomic mass is 9.89. The molecule has 84 valence electrons. The zero-order chi connectivity index (χ0) is 11.2. The van der Waals surface area contributed by atoms with Crippen molar-refractivity contribution in [1.82, 2.24) is 4.90 Å². The van der Waals surface area contributed by atoms with Gasteiger partial charge in [0.05, 0.1) is 0 Å². The van der Waals surface area contributed by atoms with E-state index in [9.17, 15) is 4.79 Å². The molecule has 0 bridgehead atoms. The van der Waals surface area contributed by atoms with Crippen molar-refractivity contribution in [3.63, 3.8) is 0 Å². The molecule has 0 saturated carbocycles. The maximum Gasteiger partial charge on any atom is 0.346 e. The predicted molar refractivity (Wildman–Crippen MR) is 63.3 cm³/mol. The Bertz CT molecular complexity index is 329. The van der Waals surface area contributed by atoms with E-state index in [1.165, 1.54) is 0 Å². The van der Waals surface area contributed by atoms with Gasteiger partial charge in [-0.15, -0.1) is 0 Å². The minimum absolute atomic E-state index is 0.156. The summed E-state index contributed by atoms with van der Waals surface area (Å²) in [6, 6.07) is -0.0136. The van der Waals surface area contributed by atoms with E-state index in [0.717, 1.165) is 12.2 Å². The van der Waals surface area contributed by atoms with E-state index in [1.54, 1.807) is 0 Å². The third-order valence-electron chi connectivity index (χ3n) is 3.34. The summed E-state index contributed by atoms with van der Waals surface area (Å²) < 4.78 is 0. The van der Waals surface area contributed by atoms with E-state index in [-0.39, 0.29) is 17.6 Å². The van der Waals surface area contributed by atoms with Crippen molar-refractivity contribution in [3.05, 3.63) is 0 Å². The van der Waals surface area contributed by atoms with Gasteiger partial charge in [-0.2, -0.15) is 16.8 Å². The highest BCUT2D eigenvalue weighted by molar-refractivity contribution is 8.00. The van der Waals surface area contributed by atoms with E-state index < -0.39 is 0 Å². The van der Waals surface area contributed by atoms with E-state index in [0.29, 0.717) is 11.1 Å². The molecule has 0 aromatic rings. The number of hydrogen-bond donors (Lipinski definition) is 1. The molecule has 2 aliphatic heterocycles. The molecule has 1 saturated heterocycles. The van der Waals surface area contributed by atoms with Crippen molar-refractivity contribution in [1.29, 1.82) is 0 Å². The molecule has 0 aliphatic carbocycles. The van der Waals surface area contributed by atoms with Gasteiger partial charge in [0.25, 0.3) is 0 Å². The van der Waals surface area contributed by atoms with Gasteiger partial charge in [0.1, 0.15) is 11.4 Å². The second kappa shape index (κ2) is 3.40. The number of thioether (sulfide) groups is 1. The minimum atomic E-state index is -0.310. The standard InChI is InChI=1S/C10H17N3OS/c1-6(2)13-9(14)12-8(11)10(13)4-5-15-7(10)3/h6-7H,4-5H2,1-3H3,(H2,11,12,14). The Morgan fingerprint density at radius 2 is 2.33 bits per heavy atom. The van der Waals surface area contributed by atoms with Crippen LogP contribution < -0.4 is 5.73 Å². The maximum absolute atomic E-state index is 11.8. The number of urea groups is 1. The van der Waals surface area contributed by atoms with Crippen LogP contribution in [0.15, 0.2) is 4.99 Å². The van der Waals surface area contributed by atoms with Crippen molar-refractivity contribution < 1.29 is 4.79 Å². The van der Waals surface area contributed by atoms with Crippen LogP contribution in [0, 0.1) is 0 Å². The second-order valence-corrected chi connectivity index (χ2v) is 5.88. The molecule has 2 atom stereocenters. The van der Waals surface area contributed by atoms with Crippen LogP contribution in [0.5, 0.6) is 0 Å². The first-order valence-corrected chi connectivity index (χ1v) is 6.34. The number of aliphatic imine (C=N–C) groups is 1. The molecule has 4 nitrogen and oxygen atoms in total. The second-order valence-electron chi connectivity index (χ2n) is 4.43. The van der Waals surface area contributed by atoms with Crippen LogP contribution in [0.4, 0.5) is 4.79 Å². The van der Waals surface area contributed by atoms with Crippen molar-refractivity contribution >= 4 is 23.6 Å². The fourth-order valence-corrected chi connectivity index (χ4v) is 4.02. The summed E-state index contributed by atoms with van der Waals surface area (Å²) in [5.41, 5.74) is 5.65. The van der Waals surface area contributed by atoms with Crippen molar-refractivity contribution in [2.75, 3.05) is 5.75 Å². The number of carbonyl (C=O) groups excluding carboxylic acids is 1. The first kappa shape index (κ1) is 10.8. The highest BCUT2D eigenvalue weighted by Crippen LogP contribution is 2.44. The average molecular weight is 227 g/mol. The molecule has 1 fully saturated rings. The highest BCUT2D eigenvalue weighted by atomic mass is 32.2. The zero-order valence-corrected chi connectivity index (χ0v) is 10.2. The van der Waals surface area contributed by atoms with Crippen LogP contribution >= 0.6 is 11.8 Å². The summed E-state index contributed by atoms with van der Waals surface area (Å²) in [6.07, 6.45) is 0.929. The first-order chi connectivity index (χ1) is 7.00. The third-order valence-corrected chi connectivity index (χ3v) is 4.67. The van der Waals surface area contributed by atoms with Crippen LogP contribution in [-0.4, -0.2) is 39.4 Å². The van der Waals surface area contributed by atoms with E-state index in [4.69, 9.17) is 5.73 Å². The fourth-order valence-electron chi connectivity index (χ4n) is 2.61. The van der Waals surface area contributed by atoms with Crippen LogP contribution in [-0.2, 0) is 0 Å². The lowest BCUT2D eigenvalue weighted by molar-refractivity contribution is 0.148. The Kier molecular flexibility index (Phi) is 2.45. The zero-order valence-electron chi connectivity index (χ0n) is 9.36. The Morgan fingerprint density at radius 1 is 1.67 bits per heavy atom. The number of nitrogens with two attached hydrogens (primary N) is 1. The molecule has 1 spiro atoms. The Morgan fingerprint density at radius 3 is 2.80 bits per heavy atom. The number of rotatable bonds is 1. The quantitative estimate of drug-likeness (QED) is 0.737. The smallest absolute Gasteiger partial charge is 0.346 e. The van der Waals surface area contributed by atoms with Crippen LogP contribution in [0.3, 0.4) is 0 Å². The van der Waals surface area contributed by atoms with Crippen molar-refractivity contribution in [2.24, 2.45) is 10.7 Å². The molecule has 2 heterocycles. The van der Waals surface area contributed by atoms with Gasteiger partial charge in [0, 0.05) is 11.3 Å². The molecule has 0 aromatic heterocycles. The lowest BCUT2D eigenvalue weighted by Gasteiger charge is -2.40. The number of nitrogens with zero attached hydrogens (tertiary/aromatic N) is 2. The largest absolute Gasteiger partial charge is 0.385 e. The topological polar surface area (TPSA) is 58.7 Å². The van der Waals surface area contributed by atoms with E-state index >= 15 is 0 Å².